The van der Waals surface area contributed by atoms with Crippen LogP contribution in [0.5, 0.6) is 0 Å². The summed E-state index contributed by atoms with van der Waals surface area (Å²) in [6, 6.07) is 6.47. The lowest BCUT2D eigenvalue weighted by molar-refractivity contribution is 0.699. The third-order valence-electron chi connectivity index (χ3n) is 3.02. The Morgan fingerprint density at radius 2 is 2.15 bits per heavy atom. The molecule has 1 aromatic carbocycles. The van der Waals surface area contributed by atoms with Gasteiger partial charge in [0.05, 0.1) is 0 Å². The zero-order valence-electron chi connectivity index (χ0n) is 7.81. The first kappa shape index (κ1) is 9.22. The minimum Gasteiger partial charge on any atom is -0.330 e. The minimum absolute atomic E-state index is 0.313. The van der Waals surface area contributed by atoms with Gasteiger partial charge in [0, 0.05) is 16.4 Å². The summed E-state index contributed by atoms with van der Waals surface area (Å²) in [5.74, 6) is 0. The van der Waals surface area contributed by atoms with E-state index in [1.165, 1.54) is 24.0 Å². The molecule has 1 nitrogen and oxygen atoms in total. The number of hydrogen-bond acceptors (Lipinski definition) is 1. The van der Waals surface area contributed by atoms with Crippen molar-refractivity contribution in [2.75, 3.05) is 6.54 Å². The number of rotatable bonds is 2. The molecule has 0 radical (unpaired) electrons. The fourth-order valence-electron chi connectivity index (χ4n) is 1.90. The third kappa shape index (κ3) is 1.53. The second-order valence-corrected chi connectivity index (χ2v) is 4.86. The number of benzene rings is 1. The third-order valence-corrected chi connectivity index (χ3v) is 3.51. The zero-order valence-corrected chi connectivity index (χ0v) is 9.39. The molecule has 0 aromatic heterocycles. The lowest BCUT2D eigenvalue weighted by atomic mass is 9.92. The topological polar surface area (TPSA) is 26.0 Å². The molecule has 0 unspecified atom stereocenters. The van der Waals surface area contributed by atoms with Crippen LogP contribution in [0.15, 0.2) is 22.7 Å². The van der Waals surface area contributed by atoms with Crippen molar-refractivity contribution < 1.29 is 0 Å². The van der Waals surface area contributed by atoms with Crippen molar-refractivity contribution >= 4 is 15.9 Å². The Morgan fingerprint density at radius 3 is 2.69 bits per heavy atom. The molecule has 0 spiro atoms. The van der Waals surface area contributed by atoms with Crippen molar-refractivity contribution in [1.29, 1.82) is 0 Å². The summed E-state index contributed by atoms with van der Waals surface area (Å²) < 4.78 is 1.16. The number of halogens is 1. The molecule has 70 valence electrons. The van der Waals surface area contributed by atoms with Gasteiger partial charge in [0.25, 0.3) is 0 Å². The van der Waals surface area contributed by atoms with Crippen molar-refractivity contribution in [3.8, 4) is 0 Å². The zero-order chi connectivity index (χ0) is 9.47. The lowest BCUT2D eigenvalue weighted by Gasteiger charge is -2.16. The largest absolute Gasteiger partial charge is 0.330 e. The Morgan fingerprint density at radius 1 is 1.46 bits per heavy atom. The van der Waals surface area contributed by atoms with Gasteiger partial charge >= 0.3 is 0 Å². The fourth-order valence-corrected chi connectivity index (χ4v) is 2.26. The van der Waals surface area contributed by atoms with Crippen LogP contribution in [0.3, 0.4) is 0 Å². The number of nitrogens with two attached hydrogens (primary N) is 1. The monoisotopic (exact) mass is 239 g/mol. The summed E-state index contributed by atoms with van der Waals surface area (Å²) in [6.07, 6.45) is 2.50. The van der Waals surface area contributed by atoms with E-state index >= 15 is 0 Å². The molecule has 0 bridgehead atoms. The van der Waals surface area contributed by atoms with Gasteiger partial charge in [-0.25, -0.2) is 0 Å². The van der Waals surface area contributed by atoms with Crippen LogP contribution in [-0.4, -0.2) is 6.54 Å². The first-order valence-corrected chi connectivity index (χ1v) is 5.44. The van der Waals surface area contributed by atoms with Gasteiger partial charge in [-0.1, -0.05) is 22.0 Å². The van der Waals surface area contributed by atoms with Crippen LogP contribution in [0.2, 0.25) is 0 Å². The van der Waals surface area contributed by atoms with E-state index < -0.39 is 0 Å². The van der Waals surface area contributed by atoms with Gasteiger partial charge in [-0.15, -0.1) is 0 Å². The van der Waals surface area contributed by atoms with Crippen LogP contribution in [0.1, 0.15) is 24.0 Å². The van der Waals surface area contributed by atoms with Gasteiger partial charge in [-0.05, 0) is 43.0 Å². The Kier molecular flexibility index (Phi) is 2.20. The molecule has 2 heteroatoms. The summed E-state index contributed by atoms with van der Waals surface area (Å²) >= 11 is 3.50. The molecule has 0 heterocycles. The molecule has 0 atom stereocenters. The minimum atomic E-state index is 0.313. The van der Waals surface area contributed by atoms with Gasteiger partial charge in [0.1, 0.15) is 0 Å². The second-order valence-electron chi connectivity index (χ2n) is 3.94. The highest BCUT2D eigenvalue weighted by molar-refractivity contribution is 9.10. The highest BCUT2D eigenvalue weighted by Crippen LogP contribution is 2.48. The molecule has 0 saturated heterocycles. The van der Waals surface area contributed by atoms with E-state index in [4.69, 9.17) is 5.73 Å². The van der Waals surface area contributed by atoms with Crippen LogP contribution in [0, 0.1) is 6.92 Å². The van der Waals surface area contributed by atoms with E-state index in [9.17, 15) is 0 Å². The van der Waals surface area contributed by atoms with E-state index in [0.717, 1.165) is 11.0 Å². The Hall–Kier alpha value is -0.340. The molecular weight excluding hydrogens is 226 g/mol. The average molecular weight is 240 g/mol. The van der Waals surface area contributed by atoms with Crippen LogP contribution in [0.25, 0.3) is 0 Å². The van der Waals surface area contributed by atoms with Crippen LogP contribution in [0.4, 0.5) is 0 Å². The molecule has 1 fully saturated rings. The molecule has 2 N–H and O–H groups in total. The maximum Gasteiger partial charge on any atom is 0.0178 e. The van der Waals surface area contributed by atoms with Crippen LogP contribution in [-0.2, 0) is 5.41 Å². The first-order valence-electron chi connectivity index (χ1n) is 4.65. The summed E-state index contributed by atoms with van der Waals surface area (Å²) in [4.78, 5) is 0. The molecular formula is C11H14BrN. The first-order chi connectivity index (χ1) is 6.18. The van der Waals surface area contributed by atoms with Gasteiger partial charge < -0.3 is 5.73 Å². The Bertz CT molecular complexity index is 329. The SMILES string of the molecule is Cc1ccc(Br)cc1C1(CN)CC1. The quantitative estimate of drug-likeness (QED) is 0.845. The Labute approximate surface area is 87.5 Å². The van der Waals surface area contributed by atoms with Crippen molar-refractivity contribution in [2.24, 2.45) is 5.73 Å². The molecule has 13 heavy (non-hydrogen) atoms. The highest BCUT2D eigenvalue weighted by Gasteiger charge is 2.43. The normalized spacial score (nSPS) is 18.7. The molecule has 1 saturated carbocycles. The standard InChI is InChI=1S/C11H14BrN/c1-8-2-3-9(12)6-10(8)11(7-13)4-5-11/h2-3,6H,4-5,7,13H2,1H3. The molecule has 1 aromatic rings. The van der Waals surface area contributed by atoms with Gasteiger partial charge in [-0.2, -0.15) is 0 Å². The van der Waals surface area contributed by atoms with E-state index in [1.807, 2.05) is 0 Å². The maximum atomic E-state index is 5.80. The predicted molar refractivity (Wildman–Crippen MR) is 58.8 cm³/mol. The summed E-state index contributed by atoms with van der Waals surface area (Å²) in [5, 5.41) is 0. The van der Waals surface area contributed by atoms with E-state index in [0.29, 0.717) is 5.41 Å². The van der Waals surface area contributed by atoms with Gasteiger partial charge in [-0.3, -0.25) is 0 Å². The number of aryl methyl sites for hydroxylation is 1. The summed E-state index contributed by atoms with van der Waals surface area (Å²) in [6.45, 7) is 2.95. The number of hydrogen-bond donors (Lipinski definition) is 1. The van der Waals surface area contributed by atoms with Crippen molar-refractivity contribution in [2.45, 2.75) is 25.2 Å². The molecule has 0 amide bonds. The van der Waals surface area contributed by atoms with Crippen molar-refractivity contribution in [1.82, 2.24) is 0 Å². The molecule has 2 rings (SSSR count). The maximum absolute atomic E-state index is 5.80. The van der Waals surface area contributed by atoms with E-state index in [1.54, 1.807) is 0 Å². The average Bonchev–Trinajstić information content (AvgIpc) is 2.90. The van der Waals surface area contributed by atoms with E-state index in [2.05, 4.69) is 41.1 Å². The van der Waals surface area contributed by atoms with Gasteiger partial charge in [0.15, 0.2) is 0 Å². The smallest absolute Gasteiger partial charge is 0.0178 e. The van der Waals surface area contributed by atoms with Crippen molar-refractivity contribution in [3.63, 3.8) is 0 Å². The van der Waals surface area contributed by atoms with Gasteiger partial charge in [0.2, 0.25) is 0 Å². The molecule has 0 aliphatic heterocycles. The molecule has 1 aliphatic rings. The molecule has 1 aliphatic carbocycles. The predicted octanol–water partition coefficient (Wildman–Crippen LogP) is 2.75. The Balaban J connectivity index is 2.44. The second kappa shape index (κ2) is 3.10. The van der Waals surface area contributed by atoms with Crippen LogP contribution >= 0.6 is 15.9 Å². The van der Waals surface area contributed by atoms with Crippen LogP contribution < -0.4 is 5.73 Å². The van der Waals surface area contributed by atoms with E-state index in [-0.39, 0.29) is 0 Å². The lowest BCUT2D eigenvalue weighted by Crippen LogP contribution is -2.20. The van der Waals surface area contributed by atoms with Crippen molar-refractivity contribution in [3.05, 3.63) is 33.8 Å². The summed E-state index contributed by atoms with van der Waals surface area (Å²) in [7, 11) is 0. The fraction of sp³-hybridized carbons (Fsp3) is 0.455. The highest BCUT2D eigenvalue weighted by atomic mass is 79.9. The summed E-state index contributed by atoms with van der Waals surface area (Å²) in [5.41, 5.74) is 8.92.